The molecule has 1 atom stereocenters. The summed E-state index contributed by atoms with van der Waals surface area (Å²) < 4.78 is 13.2. The zero-order chi connectivity index (χ0) is 10.1. The van der Waals surface area contributed by atoms with Crippen molar-refractivity contribution in [2.45, 2.75) is 6.10 Å². The highest BCUT2D eigenvalue weighted by atomic mass is 19.1. The maximum Gasteiger partial charge on any atom is 0.153 e. The number of carbonyl (C=O) groups is 1. The molecule has 4 heteroatoms. The molecule has 0 amide bonds. The third kappa shape index (κ3) is 1.20. The molecule has 1 aromatic heterocycles. The van der Waals surface area contributed by atoms with Gasteiger partial charge in [-0.1, -0.05) is 12.1 Å². The molecule has 0 spiro atoms. The first kappa shape index (κ1) is 8.90. The highest BCUT2D eigenvalue weighted by molar-refractivity contribution is 5.86. The molecule has 2 N–H and O–H groups in total. The van der Waals surface area contributed by atoms with Crippen molar-refractivity contribution in [3.63, 3.8) is 0 Å². The second kappa shape index (κ2) is 3.23. The third-order valence-electron chi connectivity index (χ3n) is 2.14. The van der Waals surface area contributed by atoms with Crippen LogP contribution < -0.4 is 0 Å². The molecule has 2 rings (SSSR count). The molecule has 0 fully saturated rings. The fourth-order valence-electron chi connectivity index (χ4n) is 1.46. The van der Waals surface area contributed by atoms with Gasteiger partial charge in [0.15, 0.2) is 6.29 Å². The number of aldehydes is 1. The molecule has 72 valence electrons. The van der Waals surface area contributed by atoms with Gasteiger partial charge < -0.3 is 14.9 Å². The fraction of sp³-hybridized carbons (Fsp3) is 0.100. The van der Waals surface area contributed by atoms with E-state index in [0.717, 1.165) is 0 Å². The number of hydrogen-bond acceptors (Lipinski definition) is 2. The molecule has 0 aliphatic heterocycles. The second-order valence-electron chi connectivity index (χ2n) is 2.99. The highest BCUT2D eigenvalue weighted by Crippen LogP contribution is 2.24. The van der Waals surface area contributed by atoms with E-state index >= 15 is 0 Å². The molecule has 1 heterocycles. The van der Waals surface area contributed by atoms with Gasteiger partial charge in [-0.25, -0.2) is 4.39 Å². The van der Waals surface area contributed by atoms with Gasteiger partial charge in [0, 0.05) is 17.1 Å². The summed E-state index contributed by atoms with van der Waals surface area (Å²) in [7, 11) is 0. The SMILES string of the molecule is O=CC(O)c1c[nH]c2c(F)cccc12. The molecule has 0 radical (unpaired) electrons. The summed E-state index contributed by atoms with van der Waals surface area (Å²) in [6.07, 6.45) is 0.644. The standard InChI is InChI=1S/C10H8FNO2/c11-8-3-1-2-6-7(9(14)5-13)4-12-10(6)8/h1-5,9,12,14H. The number of carbonyl (C=O) groups excluding carboxylic acids is 1. The molecular weight excluding hydrogens is 185 g/mol. The van der Waals surface area contributed by atoms with Crippen LogP contribution in [0.5, 0.6) is 0 Å². The first-order valence-corrected chi connectivity index (χ1v) is 4.13. The summed E-state index contributed by atoms with van der Waals surface area (Å²) in [6.45, 7) is 0. The average molecular weight is 193 g/mol. The Morgan fingerprint density at radius 3 is 3.00 bits per heavy atom. The van der Waals surface area contributed by atoms with Gasteiger partial charge in [-0.2, -0.15) is 0 Å². The van der Waals surface area contributed by atoms with Gasteiger partial charge in [0.2, 0.25) is 0 Å². The van der Waals surface area contributed by atoms with Crippen LogP contribution in [0.1, 0.15) is 11.7 Å². The topological polar surface area (TPSA) is 53.1 Å². The van der Waals surface area contributed by atoms with Crippen molar-refractivity contribution < 1.29 is 14.3 Å². The van der Waals surface area contributed by atoms with Crippen LogP contribution in [-0.4, -0.2) is 16.4 Å². The Morgan fingerprint density at radius 2 is 2.29 bits per heavy atom. The van der Waals surface area contributed by atoms with Crippen molar-refractivity contribution in [2.24, 2.45) is 0 Å². The lowest BCUT2D eigenvalue weighted by atomic mass is 10.1. The van der Waals surface area contributed by atoms with Gasteiger partial charge in [0.1, 0.15) is 11.9 Å². The number of fused-ring (bicyclic) bond motifs is 1. The Balaban J connectivity index is 2.69. The van der Waals surface area contributed by atoms with E-state index < -0.39 is 11.9 Å². The predicted molar refractivity (Wildman–Crippen MR) is 49.3 cm³/mol. The van der Waals surface area contributed by atoms with Crippen LogP contribution in [0.3, 0.4) is 0 Å². The van der Waals surface area contributed by atoms with E-state index in [9.17, 15) is 14.3 Å². The van der Waals surface area contributed by atoms with E-state index in [2.05, 4.69) is 4.98 Å². The summed E-state index contributed by atoms with van der Waals surface area (Å²) in [5.74, 6) is -0.396. The lowest BCUT2D eigenvalue weighted by Gasteiger charge is -1.99. The highest BCUT2D eigenvalue weighted by Gasteiger charge is 2.13. The van der Waals surface area contributed by atoms with Crippen molar-refractivity contribution in [1.82, 2.24) is 4.98 Å². The number of benzene rings is 1. The Labute approximate surface area is 79.2 Å². The van der Waals surface area contributed by atoms with Crippen LogP contribution in [0.4, 0.5) is 4.39 Å². The molecule has 3 nitrogen and oxygen atoms in total. The summed E-state index contributed by atoms with van der Waals surface area (Å²) in [5.41, 5.74) is 0.706. The van der Waals surface area contributed by atoms with Crippen molar-refractivity contribution in [3.05, 3.63) is 35.8 Å². The lowest BCUT2D eigenvalue weighted by molar-refractivity contribution is -0.115. The first-order valence-electron chi connectivity index (χ1n) is 4.13. The van der Waals surface area contributed by atoms with E-state index in [1.807, 2.05) is 0 Å². The van der Waals surface area contributed by atoms with E-state index in [-0.39, 0.29) is 0 Å². The maximum absolute atomic E-state index is 13.2. The predicted octanol–water partition coefficient (Wildman–Crippen LogP) is 1.54. The Bertz CT molecular complexity index is 478. The minimum Gasteiger partial charge on any atom is -0.381 e. The average Bonchev–Trinajstić information content (AvgIpc) is 2.62. The van der Waals surface area contributed by atoms with E-state index in [1.54, 1.807) is 6.07 Å². The largest absolute Gasteiger partial charge is 0.381 e. The van der Waals surface area contributed by atoms with Crippen LogP contribution in [0, 0.1) is 5.82 Å². The number of halogens is 1. The van der Waals surface area contributed by atoms with Crippen molar-refractivity contribution >= 4 is 17.2 Å². The number of aliphatic hydroxyl groups excluding tert-OH is 1. The van der Waals surface area contributed by atoms with Gasteiger partial charge in [0.25, 0.3) is 0 Å². The van der Waals surface area contributed by atoms with Crippen LogP contribution in [0.2, 0.25) is 0 Å². The number of aliphatic hydroxyl groups is 1. The number of H-pyrrole nitrogens is 1. The van der Waals surface area contributed by atoms with Crippen molar-refractivity contribution in [2.75, 3.05) is 0 Å². The normalized spacial score (nSPS) is 13.0. The number of para-hydroxylation sites is 1. The number of nitrogens with one attached hydrogen (secondary N) is 1. The number of aromatic amines is 1. The molecule has 0 bridgehead atoms. The van der Waals surface area contributed by atoms with E-state index in [4.69, 9.17) is 0 Å². The third-order valence-corrected chi connectivity index (χ3v) is 2.14. The molecule has 0 aliphatic carbocycles. The summed E-state index contributed by atoms with van der Waals surface area (Å²) in [6, 6.07) is 4.50. The first-order chi connectivity index (χ1) is 6.74. The van der Waals surface area contributed by atoms with Gasteiger partial charge in [-0.05, 0) is 6.07 Å². The summed E-state index contributed by atoms with van der Waals surface area (Å²) in [4.78, 5) is 13.1. The molecule has 0 saturated carbocycles. The Kier molecular flexibility index (Phi) is 2.05. The van der Waals surface area contributed by atoms with Gasteiger partial charge in [-0.15, -0.1) is 0 Å². The molecule has 0 saturated heterocycles. The zero-order valence-corrected chi connectivity index (χ0v) is 7.20. The minimum absolute atomic E-state index is 0.309. The molecule has 0 aliphatic rings. The van der Waals surface area contributed by atoms with Gasteiger partial charge in [0.05, 0.1) is 5.52 Å². The molecule has 1 unspecified atom stereocenters. The number of rotatable bonds is 2. The van der Waals surface area contributed by atoms with Gasteiger partial charge >= 0.3 is 0 Å². The zero-order valence-electron chi connectivity index (χ0n) is 7.20. The Hall–Kier alpha value is -1.68. The molecular formula is C10H8FNO2. The van der Waals surface area contributed by atoms with E-state index in [0.29, 0.717) is 22.8 Å². The number of aromatic nitrogens is 1. The second-order valence-corrected chi connectivity index (χ2v) is 2.99. The molecule has 14 heavy (non-hydrogen) atoms. The maximum atomic E-state index is 13.2. The molecule has 1 aromatic carbocycles. The summed E-state index contributed by atoms with van der Waals surface area (Å²) in [5, 5.41) is 9.83. The quantitative estimate of drug-likeness (QED) is 0.711. The van der Waals surface area contributed by atoms with Crippen LogP contribution in [0.15, 0.2) is 24.4 Å². The monoisotopic (exact) mass is 193 g/mol. The van der Waals surface area contributed by atoms with Crippen molar-refractivity contribution in [1.29, 1.82) is 0 Å². The lowest BCUT2D eigenvalue weighted by Crippen LogP contribution is -1.96. The van der Waals surface area contributed by atoms with Gasteiger partial charge in [-0.3, -0.25) is 0 Å². The van der Waals surface area contributed by atoms with Crippen LogP contribution in [0.25, 0.3) is 10.9 Å². The van der Waals surface area contributed by atoms with E-state index in [1.165, 1.54) is 18.3 Å². The van der Waals surface area contributed by atoms with Crippen LogP contribution >= 0.6 is 0 Å². The minimum atomic E-state index is -1.20. The Morgan fingerprint density at radius 1 is 1.50 bits per heavy atom. The molecule has 2 aromatic rings. The fourth-order valence-corrected chi connectivity index (χ4v) is 1.46. The number of hydrogen-bond donors (Lipinski definition) is 2. The van der Waals surface area contributed by atoms with Crippen LogP contribution in [-0.2, 0) is 4.79 Å². The van der Waals surface area contributed by atoms with Crippen molar-refractivity contribution in [3.8, 4) is 0 Å². The smallest absolute Gasteiger partial charge is 0.153 e. The summed E-state index contributed by atoms with van der Waals surface area (Å²) >= 11 is 0.